The number of hydrogen-bond donors (Lipinski definition) is 3. The molecule has 0 saturated carbocycles. The number of imide groups is 1. The number of nitrogens with zero attached hydrogens (tertiary/aromatic N) is 8. The quantitative estimate of drug-likeness (QED) is 0.120. The smallest absolute Gasteiger partial charge is 0.257 e. The number of carbonyl (C=O) groups is 3. The van der Waals surface area contributed by atoms with Crippen molar-refractivity contribution >= 4 is 45.7 Å². The van der Waals surface area contributed by atoms with E-state index in [1.54, 1.807) is 47.1 Å². The summed E-state index contributed by atoms with van der Waals surface area (Å²) in [5.74, 6) is -1.53. The first-order chi connectivity index (χ1) is 33.3. The number of nitrogens with one attached hydrogen (secondary N) is 3. The van der Waals surface area contributed by atoms with Crippen molar-refractivity contribution in [1.29, 1.82) is 0 Å². The fourth-order valence-corrected chi connectivity index (χ4v) is 10.8. The topological polar surface area (TPSA) is 155 Å². The van der Waals surface area contributed by atoms with Crippen molar-refractivity contribution < 1.29 is 23.2 Å². The van der Waals surface area contributed by atoms with E-state index in [2.05, 4.69) is 60.4 Å². The number of carbonyl (C=O) groups excluding carboxylic acids is 3. The molecule has 4 aliphatic rings. The normalized spacial score (nSPS) is 18.8. The fraction of sp³-hybridized carbons (Fsp3) is 0.385. The number of aromatic nitrogens is 5. The molecule has 10 rings (SSSR count). The largest absolute Gasteiger partial charge is 0.388 e. The zero-order chi connectivity index (χ0) is 48.1. The summed E-state index contributed by atoms with van der Waals surface area (Å²) < 4.78 is 37.2. The Bertz CT molecular complexity index is 3070. The van der Waals surface area contributed by atoms with Gasteiger partial charge in [-0.2, -0.15) is 5.10 Å². The molecular formula is C52H57F2N11O4. The molecule has 358 valence electrons. The van der Waals surface area contributed by atoms with Gasteiger partial charge in [0.1, 0.15) is 23.3 Å². The molecule has 3 amide bonds. The number of likely N-dealkylation sites (tertiary alicyclic amines) is 1. The summed E-state index contributed by atoms with van der Waals surface area (Å²) in [6, 6.07) is 17.1. The van der Waals surface area contributed by atoms with E-state index in [1.165, 1.54) is 12.1 Å². The van der Waals surface area contributed by atoms with Crippen LogP contribution in [0.5, 0.6) is 0 Å². The number of pyridine rings is 2. The van der Waals surface area contributed by atoms with Gasteiger partial charge in [0.25, 0.3) is 11.5 Å². The summed E-state index contributed by atoms with van der Waals surface area (Å²) in [4.78, 5) is 61.7. The molecule has 3 N–H and O–H groups in total. The van der Waals surface area contributed by atoms with E-state index in [9.17, 15) is 19.2 Å². The van der Waals surface area contributed by atoms with Crippen molar-refractivity contribution in [3.8, 4) is 5.69 Å². The van der Waals surface area contributed by atoms with Gasteiger partial charge < -0.3 is 20.1 Å². The highest BCUT2D eigenvalue weighted by Gasteiger charge is 2.30. The van der Waals surface area contributed by atoms with Crippen LogP contribution in [0.3, 0.4) is 0 Å². The van der Waals surface area contributed by atoms with Gasteiger partial charge in [-0.1, -0.05) is 12.1 Å². The molecule has 0 spiro atoms. The Hall–Kier alpha value is -6.98. The molecule has 2 atom stereocenters. The number of anilines is 2. The van der Waals surface area contributed by atoms with E-state index in [0.717, 1.165) is 76.6 Å². The zero-order valence-electron chi connectivity index (χ0n) is 39.4. The molecule has 4 aromatic heterocycles. The minimum atomic E-state index is -0.571. The van der Waals surface area contributed by atoms with Gasteiger partial charge in [0, 0.05) is 105 Å². The first-order valence-corrected chi connectivity index (χ1v) is 23.9. The molecule has 4 aliphatic heterocycles. The Morgan fingerprint density at radius 2 is 1.74 bits per heavy atom. The highest BCUT2D eigenvalue weighted by Crippen LogP contribution is 2.36. The highest BCUT2D eigenvalue weighted by molar-refractivity contribution is 6.01. The van der Waals surface area contributed by atoms with Crippen LogP contribution in [-0.2, 0) is 36.3 Å². The second-order valence-electron chi connectivity index (χ2n) is 18.9. The third kappa shape index (κ3) is 9.08. The molecule has 2 fully saturated rings. The minimum absolute atomic E-state index is 0.0155. The molecule has 17 heteroatoms. The number of aryl methyl sites for hydroxylation is 2. The van der Waals surface area contributed by atoms with Crippen LogP contribution in [0.1, 0.15) is 95.1 Å². The number of hydrogen-bond acceptors (Lipinski definition) is 10. The highest BCUT2D eigenvalue weighted by atomic mass is 19.1. The lowest BCUT2D eigenvalue weighted by Crippen LogP contribution is -2.47. The standard InChI is InChI=1S/C52H57F2N11O4/c1-31-23-35(24-43(54)49(31)34-12-18-62(19-13-34)32(2)46-28-41-45(9-15-56-50(41)60(46)4)64-20-14-36(55-3)27-48(64)67)52(69)63-21-22-65-39(30-63)25-38(59-65)29-61-16-10-33(11-17-61)40-6-5-37(26-42(40)53)57-44-7-8-47(66)58-51(44)68/h5-6,9,12,14-15,20,23-28,32-33,44,55,57H,7-8,10-11,13,16-19,21-22,29-30H2,1-4H3,(H,58,66,68). The number of amides is 3. The molecular weight excluding hydrogens is 881 g/mol. The molecule has 6 aromatic rings. The monoisotopic (exact) mass is 937 g/mol. The van der Waals surface area contributed by atoms with E-state index in [1.807, 2.05) is 36.9 Å². The van der Waals surface area contributed by atoms with E-state index >= 15 is 8.78 Å². The second-order valence-corrected chi connectivity index (χ2v) is 18.9. The summed E-state index contributed by atoms with van der Waals surface area (Å²) in [5.41, 5.74) is 8.80. The Kier molecular flexibility index (Phi) is 12.5. The summed E-state index contributed by atoms with van der Waals surface area (Å²) in [6.45, 7) is 8.96. The summed E-state index contributed by atoms with van der Waals surface area (Å²) in [7, 11) is 3.78. The maximum absolute atomic E-state index is 16.2. The van der Waals surface area contributed by atoms with Crippen molar-refractivity contribution in [2.45, 2.75) is 83.6 Å². The zero-order valence-corrected chi connectivity index (χ0v) is 39.4. The van der Waals surface area contributed by atoms with E-state index in [4.69, 9.17) is 5.10 Å². The second kappa shape index (κ2) is 18.8. The SMILES string of the molecule is CNc1ccn(-c2ccnc3c2cc(C(C)N2CC=C(c4c(C)cc(C(=O)N5CCn6nc(CN7CCC(c8ccc(NC9CCC(=O)NC9=O)cc8F)CC7)cc6C5)cc4F)CC2)n3C)c(=O)c1. The number of piperidine rings is 2. The molecule has 0 aliphatic carbocycles. The predicted molar refractivity (Wildman–Crippen MR) is 260 cm³/mol. The predicted octanol–water partition coefficient (Wildman–Crippen LogP) is 6.65. The first-order valence-electron chi connectivity index (χ1n) is 23.9. The lowest BCUT2D eigenvalue weighted by Gasteiger charge is -2.32. The maximum atomic E-state index is 16.2. The van der Waals surface area contributed by atoms with Gasteiger partial charge in [-0.3, -0.25) is 43.5 Å². The van der Waals surface area contributed by atoms with E-state index < -0.39 is 17.8 Å². The van der Waals surface area contributed by atoms with E-state index in [0.29, 0.717) is 74.5 Å². The molecule has 69 heavy (non-hydrogen) atoms. The summed E-state index contributed by atoms with van der Waals surface area (Å²) in [5, 5.41) is 14.2. The average molecular weight is 938 g/mol. The molecule has 15 nitrogen and oxygen atoms in total. The van der Waals surface area contributed by atoms with Crippen LogP contribution in [0, 0.1) is 18.6 Å². The molecule has 0 radical (unpaired) electrons. The van der Waals surface area contributed by atoms with Gasteiger partial charge in [-0.25, -0.2) is 13.8 Å². The van der Waals surface area contributed by atoms with Crippen LogP contribution in [0.2, 0.25) is 0 Å². The van der Waals surface area contributed by atoms with Crippen LogP contribution in [0.4, 0.5) is 20.2 Å². The van der Waals surface area contributed by atoms with Crippen molar-refractivity contribution in [2.24, 2.45) is 7.05 Å². The van der Waals surface area contributed by atoms with Crippen molar-refractivity contribution in [3.05, 3.63) is 140 Å². The average Bonchev–Trinajstić information content (AvgIpc) is 3.91. The van der Waals surface area contributed by atoms with Crippen LogP contribution in [-0.4, -0.2) is 102 Å². The van der Waals surface area contributed by atoms with Gasteiger partial charge >= 0.3 is 0 Å². The van der Waals surface area contributed by atoms with Gasteiger partial charge in [0.2, 0.25) is 11.8 Å². The number of halogens is 2. The molecule has 0 bridgehead atoms. The molecule has 2 saturated heterocycles. The number of benzene rings is 2. The van der Waals surface area contributed by atoms with Gasteiger partial charge in [0.05, 0.1) is 30.2 Å². The third-order valence-electron chi connectivity index (χ3n) is 14.6. The van der Waals surface area contributed by atoms with Crippen molar-refractivity contribution in [3.63, 3.8) is 0 Å². The third-order valence-corrected chi connectivity index (χ3v) is 14.6. The Balaban J connectivity index is 0.741. The lowest BCUT2D eigenvalue weighted by molar-refractivity contribution is -0.133. The Labute approximate surface area is 398 Å². The van der Waals surface area contributed by atoms with E-state index in [-0.39, 0.29) is 41.6 Å². The molecule has 2 unspecified atom stereocenters. The summed E-state index contributed by atoms with van der Waals surface area (Å²) >= 11 is 0. The summed E-state index contributed by atoms with van der Waals surface area (Å²) in [6.07, 6.45) is 8.45. The van der Waals surface area contributed by atoms with Crippen molar-refractivity contribution in [2.75, 3.05) is 50.4 Å². The fourth-order valence-electron chi connectivity index (χ4n) is 10.8. The molecule has 2 aromatic carbocycles. The first kappa shape index (κ1) is 45.8. The van der Waals surface area contributed by atoms with Crippen LogP contribution < -0.4 is 21.5 Å². The Morgan fingerprint density at radius 1 is 0.913 bits per heavy atom. The van der Waals surface area contributed by atoms with Crippen LogP contribution in [0.15, 0.2) is 83.9 Å². The van der Waals surface area contributed by atoms with Crippen LogP contribution in [0.25, 0.3) is 22.3 Å². The van der Waals surface area contributed by atoms with Gasteiger partial charge in [0.15, 0.2) is 0 Å². The number of rotatable bonds is 11. The number of fused-ring (bicyclic) bond motifs is 2. The van der Waals surface area contributed by atoms with Crippen LogP contribution >= 0.6 is 0 Å². The minimum Gasteiger partial charge on any atom is -0.388 e. The molecule has 8 heterocycles. The van der Waals surface area contributed by atoms with Gasteiger partial charge in [-0.15, -0.1) is 0 Å². The Morgan fingerprint density at radius 3 is 2.46 bits per heavy atom. The maximum Gasteiger partial charge on any atom is 0.257 e. The lowest BCUT2D eigenvalue weighted by atomic mass is 9.89. The van der Waals surface area contributed by atoms with Crippen molar-refractivity contribution in [1.82, 2.24) is 43.9 Å². The van der Waals surface area contributed by atoms with Gasteiger partial charge in [-0.05, 0) is 124 Å².